The smallest absolute Gasteiger partial charge is 0.242 e. The van der Waals surface area contributed by atoms with Gasteiger partial charge in [-0.05, 0) is 12.5 Å². The first-order chi connectivity index (χ1) is 9.56. The molecule has 2 heterocycles. The molecule has 8 heteroatoms. The van der Waals surface area contributed by atoms with Crippen LogP contribution in [0.3, 0.4) is 0 Å². The first-order valence-electron chi connectivity index (χ1n) is 6.35. The quantitative estimate of drug-likeness (QED) is 0.788. The van der Waals surface area contributed by atoms with Crippen molar-refractivity contribution in [2.75, 3.05) is 0 Å². The van der Waals surface area contributed by atoms with E-state index in [1.165, 1.54) is 6.20 Å². The molecule has 3 N–H and O–H groups in total. The molecule has 0 aliphatic heterocycles. The van der Waals surface area contributed by atoms with Crippen molar-refractivity contribution in [3.8, 4) is 0 Å². The van der Waals surface area contributed by atoms with Crippen LogP contribution in [-0.2, 0) is 29.7 Å². The second-order valence-corrected chi connectivity index (χ2v) is 6.13. The fourth-order valence-corrected chi connectivity index (χ4v) is 2.93. The van der Waals surface area contributed by atoms with Crippen molar-refractivity contribution < 1.29 is 12.9 Å². The lowest BCUT2D eigenvalue weighted by Crippen LogP contribution is -2.22. The zero-order chi connectivity index (χ0) is 14.6. The Morgan fingerprint density at radius 2 is 2.30 bits per heavy atom. The Kier molecular flexibility index (Phi) is 4.58. The molecule has 20 heavy (non-hydrogen) atoms. The molecule has 0 saturated heterocycles. The highest BCUT2D eigenvalue weighted by molar-refractivity contribution is 7.89. The van der Waals surface area contributed by atoms with Gasteiger partial charge in [0.2, 0.25) is 10.0 Å². The number of nitrogens with one attached hydrogen (secondary N) is 1. The molecule has 0 spiro atoms. The minimum Gasteiger partial charge on any atom is -0.360 e. The molecule has 7 nitrogen and oxygen atoms in total. The summed E-state index contributed by atoms with van der Waals surface area (Å²) in [4.78, 5) is 0.214. The van der Waals surface area contributed by atoms with Gasteiger partial charge in [0, 0.05) is 31.0 Å². The SMILES string of the molecule is CCCn1cc(S(=O)(=O)NCc2ccno2)cc1CN. The van der Waals surface area contributed by atoms with Crippen LogP contribution in [0.1, 0.15) is 24.8 Å². The third kappa shape index (κ3) is 3.27. The summed E-state index contributed by atoms with van der Waals surface area (Å²) in [5.41, 5.74) is 6.43. The van der Waals surface area contributed by atoms with Gasteiger partial charge in [0.15, 0.2) is 5.76 Å². The minimum absolute atomic E-state index is 0.0687. The van der Waals surface area contributed by atoms with Crippen molar-refractivity contribution in [1.82, 2.24) is 14.4 Å². The molecule has 0 amide bonds. The van der Waals surface area contributed by atoms with E-state index >= 15 is 0 Å². The molecule has 0 unspecified atom stereocenters. The van der Waals surface area contributed by atoms with Crippen molar-refractivity contribution in [2.45, 2.75) is 37.9 Å². The summed E-state index contributed by atoms with van der Waals surface area (Å²) < 4.78 is 33.6. The molecule has 0 aromatic carbocycles. The van der Waals surface area contributed by atoms with Gasteiger partial charge >= 0.3 is 0 Å². The maximum absolute atomic E-state index is 12.2. The Morgan fingerprint density at radius 1 is 1.50 bits per heavy atom. The molecular formula is C12H18N4O3S. The molecule has 2 aromatic heterocycles. The van der Waals surface area contributed by atoms with Gasteiger partial charge in [-0.15, -0.1) is 0 Å². The zero-order valence-corrected chi connectivity index (χ0v) is 12.1. The Bertz CT molecular complexity index is 646. The lowest BCUT2D eigenvalue weighted by atomic mass is 10.4. The van der Waals surface area contributed by atoms with Gasteiger partial charge < -0.3 is 14.8 Å². The third-order valence-corrected chi connectivity index (χ3v) is 4.24. The van der Waals surface area contributed by atoms with Gasteiger partial charge in [0.25, 0.3) is 0 Å². The fourth-order valence-electron chi connectivity index (χ4n) is 1.88. The standard InChI is InChI=1S/C12H18N4O3S/c1-2-5-16-9-12(6-10(16)7-13)20(17,18)15-8-11-3-4-14-19-11/h3-4,6,9,15H,2,5,7-8,13H2,1H3. The highest BCUT2D eigenvalue weighted by atomic mass is 32.2. The van der Waals surface area contributed by atoms with Crippen LogP contribution in [-0.4, -0.2) is 18.1 Å². The predicted molar refractivity (Wildman–Crippen MR) is 73.1 cm³/mol. The van der Waals surface area contributed by atoms with Crippen molar-refractivity contribution in [3.05, 3.63) is 36.0 Å². The van der Waals surface area contributed by atoms with Crippen LogP contribution < -0.4 is 10.5 Å². The van der Waals surface area contributed by atoms with E-state index < -0.39 is 10.0 Å². The molecule has 2 aromatic rings. The number of aryl methyl sites for hydroxylation is 1. The van der Waals surface area contributed by atoms with Crippen molar-refractivity contribution in [3.63, 3.8) is 0 Å². The van der Waals surface area contributed by atoms with Gasteiger partial charge in [-0.2, -0.15) is 0 Å². The van der Waals surface area contributed by atoms with Crippen LogP contribution in [0.25, 0.3) is 0 Å². The van der Waals surface area contributed by atoms with Crippen LogP contribution in [0.15, 0.2) is 33.9 Å². The molecule has 2 rings (SSSR count). The van der Waals surface area contributed by atoms with Crippen LogP contribution in [0, 0.1) is 0 Å². The molecule has 110 valence electrons. The molecule has 0 bridgehead atoms. The molecule has 0 aliphatic rings. The lowest BCUT2D eigenvalue weighted by molar-refractivity contribution is 0.380. The minimum atomic E-state index is -3.58. The molecular weight excluding hydrogens is 280 g/mol. The Labute approximate surface area is 117 Å². The Hall–Kier alpha value is -1.64. The van der Waals surface area contributed by atoms with E-state index in [-0.39, 0.29) is 11.4 Å². The maximum Gasteiger partial charge on any atom is 0.242 e. The van der Waals surface area contributed by atoms with Gasteiger partial charge in [0.05, 0.1) is 17.6 Å². The Balaban J connectivity index is 2.16. The second kappa shape index (κ2) is 6.21. The summed E-state index contributed by atoms with van der Waals surface area (Å²) in [5.74, 6) is 0.459. The summed E-state index contributed by atoms with van der Waals surface area (Å²) in [7, 11) is -3.58. The fraction of sp³-hybridized carbons (Fsp3) is 0.417. The normalized spacial score (nSPS) is 11.9. The van der Waals surface area contributed by atoms with Gasteiger partial charge in [-0.3, -0.25) is 0 Å². The molecule has 0 saturated carbocycles. The van der Waals surface area contributed by atoms with Crippen molar-refractivity contribution in [2.24, 2.45) is 5.73 Å². The average molecular weight is 298 g/mol. The van der Waals surface area contributed by atoms with Crippen LogP contribution in [0.2, 0.25) is 0 Å². The summed E-state index contributed by atoms with van der Waals surface area (Å²) in [5, 5.41) is 3.52. The van der Waals surface area contributed by atoms with E-state index in [0.29, 0.717) is 12.3 Å². The summed E-state index contributed by atoms with van der Waals surface area (Å²) in [6.45, 7) is 3.14. The first kappa shape index (κ1) is 14.8. The van der Waals surface area contributed by atoms with E-state index in [4.69, 9.17) is 10.3 Å². The van der Waals surface area contributed by atoms with Crippen molar-refractivity contribution >= 4 is 10.0 Å². The number of nitrogens with two attached hydrogens (primary N) is 1. The van der Waals surface area contributed by atoms with E-state index in [0.717, 1.165) is 18.7 Å². The molecule has 0 atom stereocenters. The Morgan fingerprint density at radius 3 is 2.90 bits per heavy atom. The molecule has 0 aliphatic carbocycles. The van der Waals surface area contributed by atoms with Crippen LogP contribution in [0.5, 0.6) is 0 Å². The lowest BCUT2D eigenvalue weighted by Gasteiger charge is -2.04. The van der Waals surface area contributed by atoms with E-state index in [2.05, 4.69) is 9.88 Å². The molecule has 0 radical (unpaired) electrons. The van der Waals surface area contributed by atoms with Crippen LogP contribution in [0.4, 0.5) is 0 Å². The number of sulfonamides is 1. The number of rotatable bonds is 7. The summed E-state index contributed by atoms with van der Waals surface area (Å²) in [6.07, 6.45) is 3.98. The summed E-state index contributed by atoms with van der Waals surface area (Å²) >= 11 is 0. The van der Waals surface area contributed by atoms with E-state index in [1.807, 2.05) is 11.5 Å². The van der Waals surface area contributed by atoms with Gasteiger partial charge in [-0.25, -0.2) is 13.1 Å². The van der Waals surface area contributed by atoms with Crippen LogP contribution >= 0.6 is 0 Å². The largest absolute Gasteiger partial charge is 0.360 e. The van der Waals surface area contributed by atoms with Gasteiger partial charge in [-0.1, -0.05) is 12.1 Å². The topological polar surface area (TPSA) is 103 Å². The predicted octanol–water partition coefficient (Wildman–Crippen LogP) is 0.823. The van der Waals surface area contributed by atoms with E-state index in [1.54, 1.807) is 18.3 Å². The average Bonchev–Trinajstić information content (AvgIpc) is 3.06. The maximum atomic E-state index is 12.2. The number of hydrogen-bond donors (Lipinski definition) is 2. The highest BCUT2D eigenvalue weighted by Crippen LogP contribution is 2.15. The highest BCUT2D eigenvalue weighted by Gasteiger charge is 2.18. The number of nitrogens with zero attached hydrogens (tertiary/aromatic N) is 2. The zero-order valence-electron chi connectivity index (χ0n) is 11.2. The van der Waals surface area contributed by atoms with Crippen molar-refractivity contribution in [1.29, 1.82) is 0 Å². The third-order valence-electron chi connectivity index (χ3n) is 2.87. The molecule has 0 fully saturated rings. The van der Waals surface area contributed by atoms with Gasteiger partial charge in [0.1, 0.15) is 0 Å². The first-order valence-corrected chi connectivity index (χ1v) is 7.83. The second-order valence-electron chi connectivity index (χ2n) is 4.37. The monoisotopic (exact) mass is 298 g/mol. The van der Waals surface area contributed by atoms with E-state index in [9.17, 15) is 8.42 Å². The number of hydrogen-bond acceptors (Lipinski definition) is 5. The number of aromatic nitrogens is 2. The summed E-state index contributed by atoms with van der Waals surface area (Å²) in [6, 6.07) is 3.20.